The molecule has 0 saturated heterocycles. The van der Waals surface area contributed by atoms with Gasteiger partial charge in [0.05, 0.1) is 12.9 Å². The third-order valence-corrected chi connectivity index (χ3v) is 0.994. The summed E-state index contributed by atoms with van der Waals surface area (Å²) >= 11 is 0. The fraction of sp³-hybridized carbons (Fsp3) is 0.600. The summed E-state index contributed by atoms with van der Waals surface area (Å²) in [5.41, 5.74) is 0. The van der Waals surface area contributed by atoms with E-state index in [-0.39, 0.29) is 0 Å². The first kappa shape index (κ1) is 5.28. The summed E-state index contributed by atoms with van der Waals surface area (Å²) < 4.78 is 0. The summed E-state index contributed by atoms with van der Waals surface area (Å²) in [5, 5.41) is 0. The van der Waals surface area contributed by atoms with E-state index < -0.39 is 0 Å². The van der Waals surface area contributed by atoms with Gasteiger partial charge in [0, 0.05) is 13.6 Å². The van der Waals surface area contributed by atoms with Crippen LogP contribution in [0.2, 0.25) is 0 Å². The predicted octanol–water partition coefficient (Wildman–Crippen LogP) is -0.0116. The lowest BCUT2D eigenvalue weighted by Crippen LogP contribution is -2.17. The van der Waals surface area contributed by atoms with Crippen LogP contribution in [0.3, 0.4) is 0 Å². The van der Waals surface area contributed by atoms with Crippen LogP contribution in [0.25, 0.3) is 0 Å². The molecule has 0 N–H and O–H groups in total. The van der Waals surface area contributed by atoms with Crippen molar-refractivity contribution in [2.45, 2.75) is 0 Å². The van der Waals surface area contributed by atoms with Crippen LogP contribution < -0.4 is 0 Å². The maximum atomic E-state index is 3.96. The fourth-order valence-electron chi connectivity index (χ4n) is 0.522. The lowest BCUT2D eigenvalue weighted by Gasteiger charge is -2.06. The van der Waals surface area contributed by atoms with Crippen molar-refractivity contribution in [3.63, 3.8) is 0 Å². The van der Waals surface area contributed by atoms with Crippen LogP contribution in [-0.4, -0.2) is 37.7 Å². The first-order chi connectivity index (χ1) is 3.89. The van der Waals surface area contributed by atoms with Crippen LogP contribution >= 0.6 is 0 Å². The number of likely N-dealkylation sites (N-methyl/N-ethyl adjacent to an activating group) is 1. The summed E-state index contributed by atoms with van der Waals surface area (Å²) in [6.45, 7) is 1.83. The van der Waals surface area contributed by atoms with Crippen LogP contribution in [0.15, 0.2) is 9.98 Å². The molecule has 0 aromatic rings. The highest BCUT2D eigenvalue weighted by atomic mass is 15.1. The Kier molecular flexibility index (Phi) is 1.62. The van der Waals surface area contributed by atoms with Crippen molar-refractivity contribution >= 4 is 12.7 Å². The highest BCUT2D eigenvalue weighted by Crippen LogP contribution is 1.81. The third-order valence-electron chi connectivity index (χ3n) is 0.994. The van der Waals surface area contributed by atoms with E-state index in [4.69, 9.17) is 0 Å². The number of hydrogen-bond donors (Lipinski definition) is 0. The van der Waals surface area contributed by atoms with Crippen molar-refractivity contribution in [3.05, 3.63) is 0 Å². The van der Waals surface area contributed by atoms with Gasteiger partial charge in [0.25, 0.3) is 0 Å². The Morgan fingerprint density at radius 3 is 3.38 bits per heavy atom. The van der Waals surface area contributed by atoms with Crippen LogP contribution in [0.1, 0.15) is 0 Å². The molecule has 0 amide bonds. The van der Waals surface area contributed by atoms with E-state index in [1.165, 1.54) is 0 Å². The molecule has 0 radical (unpaired) electrons. The van der Waals surface area contributed by atoms with Gasteiger partial charge >= 0.3 is 0 Å². The van der Waals surface area contributed by atoms with Crippen molar-refractivity contribution < 1.29 is 0 Å². The Labute approximate surface area is 48.7 Å². The molecule has 1 aliphatic heterocycles. The van der Waals surface area contributed by atoms with Crippen molar-refractivity contribution in [2.24, 2.45) is 9.98 Å². The molecule has 0 fully saturated rings. The number of rotatable bonds is 0. The number of nitrogens with zero attached hydrogens (tertiary/aromatic N) is 3. The average molecular weight is 111 g/mol. The third kappa shape index (κ3) is 1.33. The van der Waals surface area contributed by atoms with E-state index in [0.29, 0.717) is 0 Å². The molecule has 0 bridgehead atoms. The molecule has 44 valence electrons. The molecule has 0 saturated carbocycles. The molecule has 0 aliphatic carbocycles. The monoisotopic (exact) mass is 111 g/mol. The van der Waals surface area contributed by atoms with Gasteiger partial charge in [-0.05, 0) is 0 Å². The molecule has 1 rings (SSSR count). The van der Waals surface area contributed by atoms with Gasteiger partial charge in [-0.1, -0.05) is 0 Å². The Morgan fingerprint density at radius 2 is 2.50 bits per heavy atom. The van der Waals surface area contributed by atoms with Gasteiger partial charge in [0.2, 0.25) is 0 Å². The molecule has 0 atom stereocenters. The summed E-state index contributed by atoms with van der Waals surface area (Å²) in [6, 6.07) is 0. The highest BCUT2D eigenvalue weighted by molar-refractivity contribution is 5.71. The van der Waals surface area contributed by atoms with E-state index in [1.54, 1.807) is 12.7 Å². The van der Waals surface area contributed by atoms with E-state index in [1.807, 2.05) is 11.9 Å². The van der Waals surface area contributed by atoms with Crippen LogP contribution in [0.5, 0.6) is 0 Å². The predicted molar refractivity (Wildman–Crippen MR) is 34.5 cm³/mol. The Balaban J connectivity index is 2.46. The molecule has 3 heteroatoms. The van der Waals surface area contributed by atoms with E-state index >= 15 is 0 Å². The normalized spacial score (nSPS) is 18.9. The van der Waals surface area contributed by atoms with Crippen molar-refractivity contribution in [3.8, 4) is 0 Å². The van der Waals surface area contributed by atoms with Crippen LogP contribution in [0.4, 0.5) is 0 Å². The van der Waals surface area contributed by atoms with Gasteiger partial charge in [-0.25, -0.2) is 4.99 Å². The average Bonchev–Trinajstić information content (AvgIpc) is 1.94. The number of aliphatic imine (C=N–C) groups is 2. The van der Waals surface area contributed by atoms with Gasteiger partial charge in [0.1, 0.15) is 6.34 Å². The molecule has 0 spiro atoms. The number of hydrogen-bond acceptors (Lipinski definition) is 3. The Hall–Kier alpha value is -0.860. The topological polar surface area (TPSA) is 28.0 Å². The summed E-state index contributed by atoms with van der Waals surface area (Å²) in [4.78, 5) is 9.82. The van der Waals surface area contributed by atoms with Crippen LogP contribution in [0, 0.1) is 0 Å². The minimum Gasteiger partial charge on any atom is -0.364 e. The molecule has 1 heterocycles. The second kappa shape index (κ2) is 2.45. The first-order valence-corrected chi connectivity index (χ1v) is 2.61. The summed E-state index contributed by atoms with van der Waals surface area (Å²) in [7, 11) is 1.98. The molecule has 0 aromatic carbocycles. The highest BCUT2D eigenvalue weighted by Gasteiger charge is 1.90. The maximum absolute atomic E-state index is 3.96. The molecule has 8 heavy (non-hydrogen) atoms. The van der Waals surface area contributed by atoms with Gasteiger partial charge in [-0.3, -0.25) is 4.99 Å². The minimum absolute atomic E-state index is 0.858. The molecule has 0 unspecified atom stereocenters. The van der Waals surface area contributed by atoms with E-state index in [0.717, 1.165) is 13.1 Å². The molecular formula is C5H9N3. The van der Waals surface area contributed by atoms with Gasteiger partial charge in [0.15, 0.2) is 0 Å². The lowest BCUT2D eigenvalue weighted by atomic mass is 10.6. The van der Waals surface area contributed by atoms with Crippen molar-refractivity contribution in [1.82, 2.24) is 4.90 Å². The smallest absolute Gasteiger partial charge is 0.111 e. The standard InChI is InChI=1S/C5H9N3/c1-8-3-2-6-4-7-5-8/h4-5H,2-3H2,1H3. The van der Waals surface area contributed by atoms with Gasteiger partial charge in [-0.15, -0.1) is 0 Å². The van der Waals surface area contributed by atoms with Gasteiger partial charge in [-0.2, -0.15) is 0 Å². The maximum Gasteiger partial charge on any atom is 0.111 e. The Bertz CT molecular complexity index is 117. The van der Waals surface area contributed by atoms with E-state index in [9.17, 15) is 0 Å². The second-order valence-corrected chi connectivity index (χ2v) is 1.77. The molecule has 0 aromatic heterocycles. The summed E-state index contributed by atoms with van der Waals surface area (Å²) in [5.74, 6) is 0. The lowest BCUT2D eigenvalue weighted by molar-refractivity contribution is 0.536. The zero-order valence-electron chi connectivity index (χ0n) is 4.91. The second-order valence-electron chi connectivity index (χ2n) is 1.77. The quantitative estimate of drug-likeness (QED) is 0.432. The van der Waals surface area contributed by atoms with E-state index in [2.05, 4.69) is 9.98 Å². The zero-order chi connectivity index (χ0) is 5.82. The first-order valence-electron chi connectivity index (χ1n) is 2.61. The van der Waals surface area contributed by atoms with Crippen molar-refractivity contribution in [1.29, 1.82) is 0 Å². The minimum atomic E-state index is 0.858. The largest absolute Gasteiger partial charge is 0.364 e. The van der Waals surface area contributed by atoms with Crippen molar-refractivity contribution in [2.75, 3.05) is 20.1 Å². The van der Waals surface area contributed by atoms with Crippen LogP contribution in [-0.2, 0) is 0 Å². The van der Waals surface area contributed by atoms with Gasteiger partial charge < -0.3 is 4.90 Å². The Morgan fingerprint density at radius 1 is 1.62 bits per heavy atom. The zero-order valence-corrected chi connectivity index (χ0v) is 4.91. The fourth-order valence-corrected chi connectivity index (χ4v) is 0.522. The molecule has 3 nitrogen and oxygen atoms in total. The summed E-state index contributed by atoms with van der Waals surface area (Å²) in [6.07, 6.45) is 3.36. The molecule has 1 aliphatic rings. The SMILES string of the molecule is CN1C=NC=NCC1. The molecular weight excluding hydrogens is 102 g/mol.